The molecule has 0 radical (unpaired) electrons. The van der Waals surface area contributed by atoms with Gasteiger partial charge in [-0.25, -0.2) is 0 Å². The fraction of sp³-hybridized carbons (Fsp3) is 0.375. The van der Waals surface area contributed by atoms with E-state index in [-0.39, 0.29) is 27.8 Å². The van der Waals surface area contributed by atoms with Crippen molar-refractivity contribution in [1.29, 1.82) is 0 Å². The maximum atomic E-state index is 12.8. The van der Waals surface area contributed by atoms with E-state index in [1.165, 1.54) is 18.3 Å². The molecule has 1 N–H and O–H groups in total. The average molecular weight is 361 g/mol. The SMILES string of the molecule is CC(C)CNC(=O)c1ccnc2c1C(=O)C1SC([N+](=O)[O-])=CC1C2=O. The molecule has 1 aromatic heterocycles. The van der Waals surface area contributed by atoms with Gasteiger partial charge in [-0.15, -0.1) is 0 Å². The van der Waals surface area contributed by atoms with Gasteiger partial charge < -0.3 is 5.32 Å². The van der Waals surface area contributed by atoms with Gasteiger partial charge in [-0.3, -0.25) is 29.5 Å². The van der Waals surface area contributed by atoms with Crippen LogP contribution in [0.4, 0.5) is 0 Å². The van der Waals surface area contributed by atoms with Gasteiger partial charge in [-0.05, 0) is 23.7 Å². The maximum absolute atomic E-state index is 12.8. The lowest BCUT2D eigenvalue weighted by molar-refractivity contribution is -0.410. The molecular weight excluding hydrogens is 346 g/mol. The first kappa shape index (κ1) is 17.3. The first-order chi connectivity index (χ1) is 11.8. The van der Waals surface area contributed by atoms with Crippen LogP contribution in [0.5, 0.6) is 0 Å². The van der Waals surface area contributed by atoms with Crippen LogP contribution in [0.2, 0.25) is 0 Å². The zero-order chi connectivity index (χ0) is 18.3. The van der Waals surface area contributed by atoms with E-state index in [2.05, 4.69) is 10.3 Å². The number of rotatable bonds is 4. The Morgan fingerprint density at radius 3 is 2.76 bits per heavy atom. The lowest BCUT2D eigenvalue weighted by Crippen LogP contribution is -2.39. The summed E-state index contributed by atoms with van der Waals surface area (Å²) >= 11 is 0.749. The third-order valence-electron chi connectivity index (χ3n) is 3.98. The van der Waals surface area contributed by atoms with Crippen molar-refractivity contribution in [3.63, 3.8) is 0 Å². The number of hydrogen-bond acceptors (Lipinski definition) is 7. The fourth-order valence-electron chi connectivity index (χ4n) is 2.80. The lowest BCUT2D eigenvalue weighted by Gasteiger charge is -2.24. The third kappa shape index (κ3) is 2.95. The van der Waals surface area contributed by atoms with Gasteiger partial charge in [0.2, 0.25) is 0 Å². The molecule has 0 fully saturated rings. The van der Waals surface area contributed by atoms with Gasteiger partial charge in [0.15, 0.2) is 11.6 Å². The van der Waals surface area contributed by atoms with Crippen molar-refractivity contribution >= 4 is 29.2 Å². The molecule has 1 aromatic rings. The molecule has 0 saturated heterocycles. The van der Waals surface area contributed by atoms with E-state index in [9.17, 15) is 24.5 Å². The van der Waals surface area contributed by atoms with E-state index in [4.69, 9.17) is 0 Å². The van der Waals surface area contributed by atoms with Crippen LogP contribution in [-0.2, 0) is 0 Å². The Morgan fingerprint density at radius 2 is 2.12 bits per heavy atom. The van der Waals surface area contributed by atoms with Crippen LogP contribution in [-0.4, -0.2) is 39.2 Å². The minimum Gasteiger partial charge on any atom is -0.352 e. The predicted molar refractivity (Wildman–Crippen MR) is 90.0 cm³/mol. The molecule has 2 atom stereocenters. The normalized spacial score (nSPS) is 21.6. The van der Waals surface area contributed by atoms with Crippen molar-refractivity contribution < 1.29 is 19.3 Å². The largest absolute Gasteiger partial charge is 0.352 e. The minimum atomic E-state index is -0.916. The highest BCUT2D eigenvalue weighted by atomic mass is 32.2. The smallest absolute Gasteiger partial charge is 0.300 e. The Bertz CT molecular complexity index is 833. The van der Waals surface area contributed by atoms with Crippen LogP contribution >= 0.6 is 11.8 Å². The first-order valence-corrected chi connectivity index (χ1v) is 8.57. The Hall–Kier alpha value is -2.55. The summed E-state index contributed by atoms with van der Waals surface area (Å²) in [7, 11) is 0. The quantitative estimate of drug-likeness (QED) is 0.640. The molecule has 0 bridgehead atoms. The van der Waals surface area contributed by atoms with Gasteiger partial charge in [0.1, 0.15) is 5.69 Å². The first-order valence-electron chi connectivity index (χ1n) is 7.69. The van der Waals surface area contributed by atoms with Crippen molar-refractivity contribution in [2.24, 2.45) is 11.8 Å². The molecule has 1 aliphatic carbocycles. The Balaban J connectivity index is 2.00. The number of nitro groups is 1. The molecular formula is C16H15N3O5S. The highest BCUT2D eigenvalue weighted by Crippen LogP contribution is 2.43. The second kappa shape index (κ2) is 6.40. The molecule has 0 saturated carbocycles. The molecule has 9 heteroatoms. The minimum absolute atomic E-state index is 0.0412. The van der Waals surface area contributed by atoms with Crippen molar-refractivity contribution in [2.75, 3.05) is 6.54 Å². The third-order valence-corrected chi connectivity index (χ3v) is 5.27. The number of fused-ring (bicyclic) bond motifs is 2. The second-order valence-corrected chi connectivity index (χ2v) is 7.40. The number of aromatic nitrogens is 1. The molecule has 0 spiro atoms. The van der Waals surface area contributed by atoms with Crippen LogP contribution in [0.3, 0.4) is 0 Å². The van der Waals surface area contributed by atoms with E-state index in [0.717, 1.165) is 11.8 Å². The summed E-state index contributed by atoms with van der Waals surface area (Å²) in [6, 6.07) is 1.39. The molecule has 2 aliphatic rings. The Morgan fingerprint density at radius 1 is 1.40 bits per heavy atom. The molecule has 25 heavy (non-hydrogen) atoms. The Kier molecular flexibility index (Phi) is 4.42. The number of nitrogens with zero attached hydrogens (tertiary/aromatic N) is 2. The number of hydrogen-bond donors (Lipinski definition) is 1. The molecule has 2 heterocycles. The monoisotopic (exact) mass is 361 g/mol. The molecule has 3 rings (SSSR count). The van der Waals surface area contributed by atoms with E-state index in [0.29, 0.717) is 6.54 Å². The van der Waals surface area contributed by atoms with E-state index >= 15 is 0 Å². The van der Waals surface area contributed by atoms with E-state index in [1.54, 1.807) is 0 Å². The number of allylic oxidation sites excluding steroid dienone is 1. The van der Waals surface area contributed by atoms with Crippen LogP contribution < -0.4 is 5.32 Å². The molecule has 1 amide bonds. The van der Waals surface area contributed by atoms with Crippen molar-refractivity contribution in [1.82, 2.24) is 10.3 Å². The van der Waals surface area contributed by atoms with Crippen molar-refractivity contribution in [3.8, 4) is 0 Å². The molecule has 2 unspecified atom stereocenters. The number of amides is 1. The maximum Gasteiger partial charge on any atom is 0.300 e. The second-order valence-electron chi connectivity index (χ2n) is 6.24. The van der Waals surface area contributed by atoms with Crippen molar-refractivity contribution in [3.05, 3.63) is 50.3 Å². The molecule has 0 aromatic carbocycles. The predicted octanol–water partition coefficient (Wildman–Crippen LogP) is 1.70. The topological polar surface area (TPSA) is 119 Å². The number of pyridine rings is 1. The number of ketones is 2. The van der Waals surface area contributed by atoms with E-state index in [1.807, 2.05) is 13.8 Å². The Labute approximate surface area is 147 Å². The highest BCUT2D eigenvalue weighted by molar-refractivity contribution is 8.04. The van der Waals surface area contributed by atoms with Crippen molar-refractivity contribution in [2.45, 2.75) is 19.1 Å². The number of thioether (sulfide) groups is 1. The van der Waals surface area contributed by atoms with Gasteiger partial charge in [0.25, 0.3) is 5.91 Å². The summed E-state index contributed by atoms with van der Waals surface area (Å²) in [5.41, 5.74) is -0.0528. The summed E-state index contributed by atoms with van der Waals surface area (Å²) < 4.78 is 0. The summed E-state index contributed by atoms with van der Waals surface area (Å²) in [4.78, 5) is 52.2. The zero-order valence-corrected chi connectivity index (χ0v) is 14.3. The number of carbonyl (C=O) groups excluding carboxylic acids is 3. The standard InChI is InChI=1S/C16H15N3O5S/c1-7(2)6-18-16(22)8-3-4-17-12-11(8)14(21)15-9(13(12)20)5-10(25-15)19(23)24/h3-5,7,9,15H,6H2,1-2H3,(H,18,22). The van der Waals surface area contributed by atoms with E-state index < -0.39 is 33.6 Å². The van der Waals surface area contributed by atoms with Gasteiger partial charge in [0, 0.05) is 18.8 Å². The summed E-state index contributed by atoms with van der Waals surface area (Å²) in [6.07, 6.45) is 2.50. The zero-order valence-electron chi connectivity index (χ0n) is 13.5. The number of nitrogens with one attached hydrogen (secondary N) is 1. The van der Waals surface area contributed by atoms with Gasteiger partial charge >= 0.3 is 5.03 Å². The summed E-state index contributed by atoms with van der Waals surface area (Å²) in [6.45, 7) is 4.29. The fourth-order valence-corrected chi connectivity index (χ4v) is 3.94. The van der Waals surface area contributed by atoms with Crippen LogP contribution in [0.25, 0.3) is 0 Å². The van der Waals surface area contributed by atoms with Crippen LogP contribution in [0.1, 0.15) is 45.1 Å². The van der Waals surface area contributed by atoms with Crippen LogP contribution in [0.15, 0.2) is 23.4 Å². The highest BCUT2D eigenvalue weighted by Gasteiger charge is 2.49. The molecule has 130 valence electrons. The van der Waals surface area contributed by atoms with Gasteiger partial charge in [-0.2, -0.15) is 0 Å². The molecule has 8 nitrogen and oxygen atoms in total. The molecule has 1 aliphatic heterocycles. The summed E-state index contributed by atoms with van der Waals surface area (Å²) in [5.74, 6) is -2.09. The average Bonchev–Trinajstić information content (AvgIpc) is 3.03. The van der Waals surface area contributed by atoms with Gasteiger partial charge in [-0.1, -0.05) is 13.8 Å². The number of carbonyl (C=O) groups is 3. The number of Topliss-reactive ketones (excluding diaryl/α,β-unsaturated/α-hetero) is 2. The lowest BCUT2D eigenvalue weighted by atomic mass is 9.82. The summed E-state index contributed by atoms with van der Waals surface area (Å²) in [5, 5.41) is 12.5. The van der Waals surface area contributed by atoms with Gasteiger partial charge in [0.05, 0.1) is 27.2 Å². The van der Waals surface area contributed by atoms with Crippen LogP contribution in [0, 0.1) is 22.0 Å².